The first-order valence-electron chi connectivity index (χ1n) is 5.62. The Morgan fingerprint density at radius 1 is 1.42 bits per heavy atom. The standard InChI is InChI=1S/C11H15F3N4O/c1-7(2)18(6-11(12,13)14)10(19)8-4-16-5-9(15-3)17-8/h4-5,7H,6H2,1-3H3,(H,15,17). The third-order valence-electron chi connectivity index (χ3n) is 2.34. The predicted molar refractivity (Wildman–Crippen MR) is 63.8 cm³/mol. The van der Waals surface area contributed by atoms with Gasteiger partial charge in [0.05, 0.1) is 12.4 Å². The van der Waals surface area contributed by atoms with Crippen LogP contribution in [0.25, 0.3) is 0 Å². The summed E-state index contributed by atoms with van der Waals surface area (Å²) in [5.74, 6) is -0.474. The lowest BCUT2D eigenvalue weighted by Gasteiger charge is -2.27. The highest BCUT2D eigenvalue weighted by Gasteiger charge is 2.35. The summed E-state index contributed by atoms with van der Waals surface area (Å²) in [7, 11) is 1.58. The minimum absolute atomic E-state index is 0.121. The molecule has 0 spiro atoms. The quantitative estimate of drug-likeness (QED) is 0.913. The van der Waals surface area contributed by atoms with Crippen LogP contribution < -0.4 is 5.32 Å². The Labute approximate surface area is 108 Å². The lowest BCUT2D eigenvalue weighted by atomic mass is 10.2. The topological polar surface area (TPSA) is 58.1 Å². The summed E-state index contributed by atoms with van der Waals surface area (Å²) in [4.78, 5) is 20.4. The van der Waals surface area contributed by atoms with Crippen LogP contribution in [-0.2, 0) is 0 Å². The van der Waals surface area contributed by atoms with Crippen molar-refractivity contribution < 1.29 is 18.0 Å². The van der Waals surface area contributed by atoms with Gasteiger partial charge in [0.25, 0.3) is 5.91 Å². The Morgan fingerprint density at radius 2 is 2.05 bits per heavy atom. The van der Waals surface area contributed by atoms with E-state index >= 15 is 0 Å². The number of hydrogen-bond donors (Lipinski definition) is 1. The number of amides is 1. The van der Waals surface area contributed by atoms with Crippen LogP contribution >= 0.6 is 0 Å². The molecule has 1 rings (SSSR count). The monoisotopic (exact) mass is 276 g/mol. The predicted octanol–water partition coefficient (Wildman–Crippen LogP) is 1.93. The van der Waals surface area contributed by atoms with Crippen LogP contribution in [0.2, 0.25) is 0 Å². The number of hydrogen-bond acceptors (Lipinski definition) is 4. The van der Waals surface area contributed by atoms with Gasteiger partial charge in [-0.2, -0.15) is 13.2 Å². The van der Waals surface area contributed by atoms with Crippen molar-refractivity contribution in [3.05, 3.63) is 18.1 Å². The molecule has 0 unspecified atom stereocenters. The Morgan fingerprint density at radius 3 is 2.53 bits per heavy atom. The van der Waals surface area contributed by atoms with Crippen molar-refractivity contribution in [3.63, 3.8) is 0 Å². The number of rotatable bonds is 4. The van der Waals surface area contributed by atoms with Crippen molar-refractivity contribution in [2.75, 3.05) is 18.9 Å². The van der Waals surface area contributed by atoms with E-state index in [-0.39, 0.29) is 5.69 Å². The van der Waals surface area contributed by atoms with E-state index in [1.165, 1.54) is 20.0 Å². The third kappa shape index (κ3) is 4.38. The lowest BCUT2D eigenvalue weighted by molar-refractivity contribution is -0.143. The second-order valence-electron chi connectivity index (χ2n) is 4.18. The zero-order valence-electron chi connectivity index (χ0n) is 10.8. The molecule has 0 radical (unpaired) electrons. The molecule has 106 valence electrons. The van der Waals surface area contributed by atoms with Crippen LogP contribution in [0.5, 0.6) is 0 Å². The average Bonchev–Trinajstić information content (AvgIpc) is 2.34. The van der Waals surface area contributed by atoms with Crippen LogP contribution in [0.1, 0.15) is 24.3 Å². The second kappa shape index (κ2) is 5.85. The van der Waals surface area contributed by atoms with Crippen molar-refractivity contribution >= 4 is 11.7 Å². The molecule has 19 heavy (non-hydrogen) atoms. The molecule has 0 aliphatic carbocycles. The van der Waals surface area contributed by atoms with Gasteiger partial charge >= 0.3 is 6.18 Å². The molecule has 0 aromatic carbocycles. The molecule has 0 saturated heterocycles. The smallest absolute Gasteiger partial charge is 0.372 e. The van der Waals surface area contributed by atoms with Crippen molar-refractivity contribution in [1.29, 1.82) is 0 Å². The Bertz CT molecular complexity index is 448. The van der Waals surface area contributed by atoms with Crippen molar-refractivity contribution in [3.8, 4) is 0 Å². The molecule has 8 heteroatoms. The number of carbonyl (C=O) groups is 1. The molecule has 0 saturated carbocycles. The van der Waals surface area contributed by atoms with E-state index in [2.05, 4.69) is 15.3 Å². The number of nitrogens with one attached hydrogen (secondary N) is 1. The maximum atomic E-state index is 12.4. The van der Waals surface area contributed by atoms with Gasteiger partial charge in [-0.3, -0.25) is 9.78 Å². The van der Waals surface area contributed by atoms with E-state index in [0.29, 0.717) is 10.7 Å². The van der Waals surface area contributed by atoms with Gasteiger partial charge in [0, 0.05) is 13.1 Å². The van der Waals surface area contributed by atoms with Crippen LogP contribution in [0.4, 0.5) is 19.0 Å². The SMILES string of the molecule is CNc1cncc(C(=O)N(CC(F)(F)F)C(C)C)n1. The molecule has 0 bridgehead atoms. The van der Waals surface area contributed by atoms with Crippen LogP contribution in [-0.4, -0.2) is 46.6 Å². The summed E-state index contributed by atoms with van der Waals surface area (Å²) in [6, 6.07) is -0.589. The van der Waals surface area contributed by atoms with E-state index in [1.807, 2.05) is 0 Å². The van der Waals surface area contributed by atoms with E-state index < -0.39 is 24.7 Å². The van der Waals surface area contributed by atoms with Gasteiger partial charge in [0.2, 0.25) is 0 Å². The first-order valence-corrected chi connectivity index (χ1v) is 5.62. The largest absolute Gasteiger partial charge is 0.406 e. The van der Waals surface area contributed by atoms with Crippen molar-refractivity contribution in [2.45, 2.75) is 26.1 Å². The number of halogens is 3. The summed E-state index contributed by atoms with van der Waals surface area (Å²) in [5.41, 5.74) is -0.121. The van der Waals surface area contributed by atoms with Gasteiger partial charge in [-0.1, -0.05) is 0 Å². The molecule has 1 aromatic rings. The summed E-state index contributed by atoms with van der Waals surface area (Å²) in [5, 5.41) is 2.67. The van der Waals surface area contributed by atoms with Crippen LogP contribution in [0.3, 0.4) is 0 Å². The highest BCUT2D eigenvalue weighted by Crippen LogP contribution is 2.19. The Kier molecular flexibility index (Phi) is 4.68. The first kappa shape index (κ1) is 15.2. The van der Waals surface area contributed by atoms with E-state index in [1.54, 1.807) is 7.05 Å². The molecule has 1 N–H and O–H groups in total. The second-order valence-corrected chi connectivity index (χ2v) is 4.18. The number of alkyl halides is 3. The van der Waals surface area contributed by atoms with Crippen molar-refractivity contribution in [1.82, 2.24) is 14.9 Å². The minimum atomic E-state index is -4.45. The molecule has 1 heterocycles. The fourth-order valence-electron chi connectivity index (χ4n) is 1.42. The number of aromatic nitrogens is 2. The summed E-state index contributed by atoms with van der Waals surface area (Å²) >= 11 is 0. The highest BCUT2D eigenvalue weighted by molar-refractivity contribution is 5.92. The fourth-order valence-corrected chi connectivity index (χ4v) is 1.42. The fraction of sp³-hybridized carbons (Fsp3) is 0.545. The zero-order valence-corrected chi connectivity index (χ0v) is 10.8. The normalized spacial score (nSPS) is 11.5. The molecule has 0 fully saturated rings. The van der Waals surface area contributed by atoms with Gasteiger partial charge in [-0.25, -0.2) is 4.98 Å². The summed E-state index contributed by atoms with van der Waals surface area (Å²) < 4.78 is 37.3. The van der Waals surface area contributed by atoms with Gasteiger partial charge in [-0.15, -0.1) is 0 Å². The first-order chi connectivity index (χ1) is 8.74. The number of nitrogens with zero attached hydrogens (tertiary/aromatic N) is 3. The summed E-state index contributed by atoms with van der Waals surface area (Å²) in [6.07, 6.45) is -1.93. The molecule has 0 aliphatic rings. The average molecular weight is 276 g/mol. The van der Waals surface area contributed by atoms with Crippen LogP contribution in [0, 0.1) is 0 Å². The van der Waals surface area contributed by atoms with Crippen molar-refractivity contribution in [2.24, 2.45) is 0 Å². The summed E-state index contributed by atoms with van der Waals surface area (Å²) in [6.45, 7) is 1.72. The number of carbonyl (C=O) groups excluding carboxylic acids is 1. The van der Waals surface area contributed by atoms with E-state index in [0.717, 1.165) is 6.20 Å². The minimum Gasteiger partial charge on any atom is -0.372 e. The van der Waals surface area contributed by atoms with Gasteiger partial charge < -0.3 is 10.2 Å². The Balaban J connectivity index is 2.99. The van der Waals surface area contributed by atoms with E-state index in [9.17, 15) is 18.0 Å². The maximum absolute atomic E-state index is 12.4. The maximum Gasteiger partial charge on any atom is 0.406 e. The zero-order chi connectivity index (χ0) is 14.6. The molecule has 0 atom stereocenters. The lowest BCUT2D eigenvalue weighted by Crippen LogP contribution is -2.43. The molecular formula is C11H15F3N4O. The van der Waals surface area contributed by atoms with Crippen LogP contribution in [0.15, 0.2) is 12.4 Å². The molecule has 1 amide bonds. The van der Waals surface area contributed by atoms with Gasteiger partial charge in [-0.05, 0) is 13.8 Å². The highest BCUT2D eigenvalue weighted by atomic mass is 19.4. The van der Waals surface area contributed by atoms with Gasteiger partial charge in [0.1, 0.15) is 18.1 Å². The van der Waals surface area contributed by atoms with E-state index in [4.69, 9.17) is 0 Å². The Hall–Kier alpha value is -1.86. The number of anilines is 1. The molecule has 5 nitrogen and oxygen atoms in total. The van der Waals surface area contributed by atoms with Gasteiger partial charge in [0.15, 0.2) is 0 Å². The molecule has 1 aromatic heterocycles. The molecular weight excluding hydrogens is 261 g/mol. The molecule has 0 aliphatic heterocycles. The third-order valence-corrected chi connectivity index (χ3v) is 2.34.